The van der Waals surface area contributed by atoms with Crippen LogP contribution >= 0.6 is 11.6 Å². The number of nitrogens with zero attached hydrogens (tertiary/aromatic N) is 5. The van der Waals surface area contributed by atoms with Gasteiger partial charge < -0.3 is 24.4 Å². The molecule has 1 aliphatic rings. The minimum absolute atomic E-state index is 0.0400. The molecule has 1 saturated heterocycles. The predicted octanol–water partition coefficient (Wildman–Crippen LogP) is 2.49. The summed E-state index contributed by atoms with van der Waals surface area (Å²) in [5.74, 6) is 0.795. The highest BCUT2D eigenvalue weighted by molar-refractivity contribution is 6.31. The molecule has 0 aliphatic carbocycles. The lowest BCUT2D eigenvalue weighted by molar-refractivity contribution is -0.136. The Labute approximate surface area is 232 Å². The third kappa shape index (κ3) is 6.00. The van der Waals surface area contributed by atoms with Crippen LogP contribution in [-0.4, -0.2) is 72.1 Å². The number of piperidine rings is 1. The maximum atomic E-state index is 12.7. The molecule has 3 aromatic rings. The molecule has 1 aliphatic heterocycles. The van der Waals surface area contributed by atoms with E-state index in [2.05, 4.69) is 29.0 Å². The van der Waals surface area contributed by atoms with Gasteiger partial charge in [0.1, 0.15) is 0 Å². The number of aromatic nitrogens is 3. The van der Waals surface area contributed by atoms with Crippen LogP contribution in [0.4, 0.5) is 5.95 Å². The third-order valence-electron chi connectivity index (χ3n) is 7.32. The van der Waals surface area contributed by atoms with Crippen molar-refractivity contribution >= 4 is 40.3 Å². The lowest BCUT2D eigenvalue weighted by Crippen LogP contribution is -2.50. The van der Waals surface area contributed by atoms with E-state index in [-0.39, 0.29) is 47.5 Å². The molecule has 2 unspecified atom stereocenters. The van der Waals surface area contributed by atoms with Crippen LogP contribution in [0.3, 0.4) is 0 Å². The van der Waals surface area contributed by atoms with E-state index < -0.39 is 0 Å². The van der Waals surface area contributed by atoms with Crippen molar-refractivity contribution in [3.05, 3.63) is 57.1 Å². The Hall–Kier alpha value is -3.66. The van der Waals surface area contributed by atoms with E-state index >= 15 is 0 Å². The number of nitrogens with one attached hydrogen (secondary N) is 1. The van der Waals surface area contributed by atoms with Crippen molar-refractivity contribution in [2.24, 2.45) is 24.8 Å². The van der Waals surface area contributed by atoms with Crippen LogP contribution in [0.25, 0.3) is 10.9 Å². The molecular formula is C28H35ClN6O4. The summed E-state index contributed by atoms with van der Waals surface area (Å²) in [4.78, 5) is 50.1. The zero-order valence-electron chi connectivity index (χ0n) is 23.2. The fraction of sp³-hybridized carbons (Fsp3) is 0.464. The zero-order valence-corrected chi connectivity index (χ0v) is 24.0. The van der Waals surface area contributed by atoms with Gasteiger partial charge in [0.25, 0.3) is 11.5 Å². The fourth-order valence-electron chi connectivity index (χ4n) is 5.30. The average Bonchev–Trinajstić information content (AvgIpc) is 2.90. The van der Waals surface area contributed by atoms with Crippen LogP contribution in [0, 0.1) is 17.8 Å². The van der Waals surface area contributed by atoms with Gasteiger partial charge in [-0.3, -0.25) is 14.4 Å². The number of aryl methyl sites for hydroxylation is 1. The van der Waals surface area contributed by atoms with Crippen molar-refractivity contribution in [1.82, 2.24) is 24.8 Å². The topological polar surface area (TPSA) is 110 Å². The monoisotopic (exact) mass is 554 g/mol. The van der Waals surface area contributed by atoms with Crippen molar-refractivity contribution in [1.29, 1.82) is 0 Å². The largest absolute Gasteiger partial charge is 0.478 e. The summed E-state index contributed by atoms with van der Waals surface area (Å²) in [6.45, 7) is 5.31. The molecule has 11 heteroatoms. The minimum Gasteiger partial charge on any atom is -0.478 e. The molecule has 0 bridgehead atoms. The van der Waals surface area contributed by atoms with Gasteiger partial charge in [-0.15, -0.1) is 0 Å². The van der Waals surface area contributed by atoms with Crippen molar-refractivity contribution < 1.29 is 14.3 Å². The van der Waals surface area contributed by atoms with Crippen LogP contribution in [0.1, 0.15) is 25.1 Å². The van der Waals surface area contributed by atoms with E-state index in [1.807, 2.05) is 18.2 Å². The van der Waals surface area contributed by atoms with Crippen molar-refractivity contribution in [3.63, 3.8) is 0 Å². The number of carbonyl (C=O) groups excluding carboxylic acids is 2. The molecule has 1 N–H and O–H groups in total. The number of rotatable bonds is 7. The van der Waals surface area contributed by atoms with E-state index in [1.165, 1.54) is 11.6 Å². The van der Waals surface area contributed by atoms with E-state index in [0.717, 1.165) is 16.5 Å². The molecule has 0 radical (unpaired) electrons. The number of hydrogen-bond acceptors (Lipinski definition) is 7. The number of fused-ring (bicyclic) bond motifs is 1. The number of anilines is 1. The van der Waals surface area contributed by atoms with Crippen LogP contribution in [0.2, 0.25) is 5.02 Å². The van der Waals surface area contributed by atoms with Crippen molar-refractivity contribution in [3.8, 4) is 5.75 Å². The van der Waals surface area contributed by atoms with Gasteiger partial charge in [0.2, 0.25) is 11.9 Å². The fourth-order valence-corrected chi connectivity index (χ4v) is 5.46. The molecule has 1 aromatic carbocycles. The van der Waals surface area contributed by atoms with Crippen LogP contribution in [0.5, 0.6) is 5.75 Å². The molecule has 2 amide bonds. The molecule has 10 nitrogen and oxygen atoms in total. The lowest BCUT2D eigenvalue weighted by atomic mass is 9.78. The highest BCUT2D eigenvalue weighted by atomic mass is 35.5. The summed E-state index contributed by atoms with van der Waals surface area (Å²) >= 11 is 6.52. The van der Waals surface area contributed by atoms with Gasteiger partial charge in [0.05, 0.1) is 22.4 Å². The first-order chi connectivity index (χ1) is 18.5. The first-order valence-electron chi connectivity index (χ1n) is 12.9. The third-order valence-corrected chi connectivity index (χ3v) is 7.64. The second-order valence-electron chi connectivity index (χ2n) is 10.5. The van der Waals surface area contributed by atoms with Gasteiger partial charge in [-0.05, 0) is 35.6 Å². The highest BCUT2D eigenvalue weighted by Gasteiger charge is 2.38. The number of hydrogen-bond donors (Lipinski definition) is 1. The molecule has 0 saturated carbocycles. The highest BCUT2D eigenvalue weighted by Crippen LogP contribution is 2.32. The molecule has 208 valence electrons. The number of halogens is 1. The average molecular weight is 555 g/mol. The summed E-state index contributed by atoms with van der Waals surface area (Å²) in [5, 5.41) is 3.73. The Balaban J connectivity index is 1.58. The van der Waals surface area contributed by atoms with Gasteiger partial charge in [0, 0.05) is 59.0 Å². The van der Waals surface area contributed by atoms with Gasteiger partial charge in [-0.2, -0.15) is 0 Å². The molecule has 2 aromatic heterocycles. The molecule has 3 heterocycles. The number of pyridine rings is 1. The summed E-state index contributed by atoms with van der Waals surface area (Å²) in [7, 11) is 6.78. The van der Waals surface area contributed by atoms with Crippen molar-refractivity contribution in [2.45, 2.75) is 20.3 Å². The Morgan fingerprint density at radius 1 is 1.18 bits per heavy atom. The standard InChI is InChI=1S/C28H35ClN6O4/c1-16-13-35(14-17(2)25(16)27(38)33(4)5)28-31-12-20(29)21(32-28)10-18-7-8-22-19(9-18)11-23(26(37)34(22)6)39-15-24(36)30-3/h7-9,11-12,16-17,25H,10,13-15H2,1-6H3,(H,30,36). The number of amides is 2. The smallest absolute Gasteiger partial charge is 0.293 e. The Bertz CT molecular complexity index is 1440. The lowest BCUT2D eigenvalue weighted by Gasteiger charge is -2.41. The molecular weight excluding hydrogens is 520 g/mol. The van der Waals surface area contributed by atoms with Crippen LogP contribution in [0.15, 0.2) is 35.3 Å². The van der Waals surface area contributed by atoms with E-state index in [0.29, 0.717) is 36.2 Å². The second kappa shape index (κ2) is 11.6. The normalized spacial score (nSPS) is 19.2. The number of carbonyl (C=O) groups is 2. The Morgan fingerprint density at radius 3 is 2.51 bits per heavy atom. The molecule has 2 atom stereocenters. The zero-order chi connectivity index (χ0) is 28.4. The van der Waals surface area contributed by atoms with E-state index in [1.54, 1.807) is 38.3 Å². The minimum atomic E-state index is -0.322. The van der Waals surface area contributed by atoms with Crippen LogP contribution in [-0.2, 0) is 23.1 Å². The van der Waals surface area contributed by atoms with Crippen molar-refractivity contribution in [2.75, 3.05) is 45.7 Å². The molecule has 1 fully saturated rings. The van der Waals surface area contributed by atoms with Gasteiger partial charge in [0.15, 0.2) is 12.4 Å². The molecule has 0 spiro atoms. The maximum Gasteiger partial charge on any atom is 0.293 e. The summed E-state index contributed by atoms with van der Waals surface area (Å²) in [6, 6.07) is 7.43. The quantitative estimate of drug-likeness (QED) is 0.478. The molecule has 39 heavy (non-hydrogen) atoms. The Morgan fingerprint density at radius 2 is 1.87 bits per heavy atom. The van der Waals surface area contributed by atoms with E-state index in [9.17, 15) is 14.4 Å². The van der Waals surface area contributed by atoms with Gasteiger partial charge in [-0.25, -0.2) is 9.97 Å². The second-order valence-corrected chi connectivity index (χ2v) is 10.9. The number of benzene rings is 1. The SMILES string of the molecule is CNC(=O)COc1cc2cc(Cc3nc(N4CC(C)C(C(=O)N(C)C)C(C)C4)ncc3Cl)ccc2n(C)c1=O. The molecule has 4 rings (SSSR count). The summed E-state index contributed by atoms with van der Waals surface area (Å²) < 4.78 is 6.98. The number of ether oxygens (including phenoxy) is 1. The summed E-state index contributed by atoms with van der Waals surface area (Å²) in [6.07, 6.45) is 2.09. The van der Waals surface area contributed by atoms with Gasteiger partial charge >= 0.3 is 0 Å². The van der Waals surface area contributed by atoms with Gasteiger partial charge in [-0.1, -0.05) is 31.5 Å². The number of likely N-dealkylation sites (N-methyl/N-ethyl adjacent to an activating group) is 1. The maximum absolute atomic E-state index is 12.7. The van der Waals surface area contributed by atoms with E-state index in [4.69, 9.17) is 21.3 Å². The van der Waals surface area contributed by atoms with Crippen LogP contribution < -0.4 is 20.5 Å². The summed E-state index contributed by atoms with van der Waals surface area (Å²) in [5.41, 5.74) is 2.06. The first kappa shape index (κ1) is 28.4. The Kier molecular flexibility index (Phi) is 8.44. The first-order valence-corrected chi connectivity index (χ1v) is 13.3. The predicted molar refractivity (Wildman–Crippen MR) is 151 cm³/mol.